The van der Waals surface area contributed by atoms with Crippen LogP contribution in [0, 0.1) is 20.8 Å². The van der Waals surface area contributed by atoms with Crippen LogP contribution in [0.1, 0.15) is 34.1 Å². The number of thiophene rings is 1. The first-order chi connectivity index (χ1) is 7.58. The number of aryl methyl sites for hydroxylation is 3. The minimum Gasteiger partial charge on any atom is -0.375 e. The summed E-state index contributed by atoms with van der Waals surface area (Å²) < 4.78 is 0. The fourth-order valence-corrected chi connectivity index (χ4v) is 2.62. The average molecular weight is 235 g/mol. The zero-order chi connectivity index (χ0) is 11.7. The van der Waals surface area contributed by atoms with Gasteiger partial charge < -0.3 is 5.32 Å². The Morgan fingerprint density at radius 1 is 1.31 bits per heavy atom. The number of hydrogen-bond donors (Lipinski definition) is 2. The Morgan fingerprint density at radius 3 is 2.56 bits per heavy atom. The SMILES string of the molecule is Cc1ccc(C(C)Nc2c(C)n[nH]c2C)s1. The van der Waals surface area contributed by atoms with Crippen molar-refractivity contribution in [2.45, 2.75) is 33.7 Å². The molecule has 0 aliphatic carbocycles. The summed E-state index contributed by atoms with van der Waals surface area (Å²) in [6, 6.07) is 4.67. The smallest absolute Gasteiger partial charge is 0.0825 e. The number of H-pyrrole nitrogens is 1. The summed E-state index contributed by atoms with van der Waals surface area (Å²) in [5, 5.41) is 10.7. The van der Waals surface area contributed by atoms with Crippen molar-refractivity contribution in [2.24, 2.45) is 0 Å². The van der Waals surface area contributed by atoms with Crippen LogP contribution in [0.3, 0.4) is 0 Å². The molecule has 0 aliphatic rings. The lowest BCUT2D eigenvalue weighted by molar-refractivity contribution is 0.903. The van der Waals surface area contributed by atoms with Crippen molar-refractivity contribution in [3.05, 3.63) is 33.3 Å². The van der Waals surface area contributed by atoms with Gasteiger partial charge in [-0.2, -0.15) is 5.10 Å². The molecule has 0 fully saturated rings. The Kier molecular flexibility index (Phi) is 3.01. The summed E-state index contributed by atoms with van der Waals surface area (Å²) in [5.41, 5.74) is 3.24. The molecule has 0 saturated carbocycles. The highest BCUT2D eigenvalue weighted by Crippen LogP contribution is 2.27. The molecule has 2 heterocycles. The molecule has 3 nitrogen and oxygen atoms in total. The van der Waals surface area contributed by atoms with Crippen LogP contribution in [-0.2, 0) is 0 Å². The fourth-order valence-electron chi connectivity index (χ4n) is 1.74. The second-order valence-electron chi connectivity index (χ2n) is 4.12. The molecular weight excluding hydrogens is 218 g/mol. The van der Waals surface area contributed by atoms with Gasteiger partial charge in [-0.1, -0.05) is 0 Å². The quantitative estimate of drug-likeness (QED) is 0.854. The molecule has 0 amide bonds. The lowest BCUT2D eigenvalue weighted by Crippen LogP contribution is -2.06. The van der Waals surface area contributed by atoms with Gasteiger partial charge in [-0.15, -0.1) is 11.3 Å². The van der Waals surface area contributed by atoms with Crippen molar-refractivity contribution < 1.29 is 0 Å². The molecule has 2 N–H and O–H groups in total. The minimum absolute atomic E-state index is 0.327. The van der Waals surface area contributed by atoms with Gasteiger partial charge in [-0.25, -0.2) is 0 Å². The zero-order valence-electron chi connectivity index (χ0n) is 10.1. The molecule has 0 bridgehead atoms. The van der Waals surface area contributed by atoms with Crippen molar-refractivity contribution >= 4 is 17.0 Å². The summed E-state index contributed by atoms with van der Waals surface area (Å²) >= 11 is 1.84. The van der Waals surface area contributed by atoms with Crippen molar-refractivity contribution in [3.8, 4) is 0 Å². The number of nitrogens with zero attached hydrogens (tertiary/aromatic N) is 1. The first kappa shape index (κ1) is 11.2. The maximum absolute atomic E-state index is 4.18. The fraction of sp³-hybridized carbons (Fsp3) is 0.417. The molecule has 0 spiro atoms. The van der Waals surface area contributed by atoms with Gasteiger partial charge in [0.15, 0.2) is 0 Å². The average Bonchev–Trinajstić information content (AvgIpc) is 2.79. The summed E-state index contributed by atoms with van der Waals surface area (Å²) in [6.45, 7) is 8.36. The molecule has 2 aromatic heterocycles. The number of anilines is 1. The molecule has 0 radical (unpaired) electrons. The minimum atomic E-state index is 0.327. The Labute approximate surface area is 99.9 Å². The molecule has 4 heteroatoms. The van der Waals surface area contributed by atoms with Crippen LogP contribution in [0.4, 0.5) is 5.69 Å². The van der Waals surface area contributed by atoms with Gasteiger partial charge in [-0.05, 0) is 39.8 Å². The Balaban J connectivity index is 2.16. The number of aromatic nitrogens is 2. The van der Waals surface area contributed by atoms with Gasteiger partial charge >= 0.3 is 0 Å². The van der Waals surface area contributed by atoms with Gasteiger partial charge in [0.25, 0.3) is 0 Å². The van der Waals surface area contributed by atoms with Crippen LogP contribution in [0.15, 0.2) is 12.1 Å². The zero-order valence-corrected chi connectivity index (χ0v) is 10.9. The molecule has 86 valence electrons. The van der Waals surface area contributed by atoms with Gasteiger partial charge in [0.05, 0.1) is 23.1 Å². The van der Waals surface area contributed by atoms with Crippen molar-refractivity contribution in [2.75, 3.05) is 5.32 Å². The van der Waals surface area contributed by atoms with E-state index in [1.807, 2.05) is 25.2 Å². The molecule has 1 unspecified atom stereocenters. The molecule has 1 atom stereocenters. The molecule has 0 aromatic carbocycles. The van der Waals surface area contributed by atoms with Gasteiger partial charge in [-0.3, -0.25) is 5.10 Å². The van der Waals surface area contributed by atoms with E-state index in [0.717, 1.165) is 17.1 Å². The van der Waals surface area contributed by atoms with Gasteiger partial charge in [0, 0.05) is 9.75 Å². The van der Waals surface area contributed by atoms with E-state index in [9.17, 15) is 0 Å². The van der Waals surface area contributed by atoms with E-state index in [4.69, 9.17) is 0 Å². The van der Waals surface area contributed by atoms with Crippen molar-refractivity contribution in [1.82, 2.24) is 10.2 Å². The van der Waals surface area contributed by atoms with Crippen LogP contribution in [0.5, 0.6) is 0 Å². The van der Waals surface area contributed by atoms with E-state index < -0.39 is 0 Å². The van der Waals surface area contributed by atoms with Crippen molar-refractivity contribution in [1.29, 1.82) is 0 Å². The molecule has 16 heavy (non-hydrogen) atoms. The maximum atomic E-state index is 4.18. The van der Waals surface area contributed by atoms with E-state index in [2.05, 4.69) is 41.5 Å². The van der Waals surface area contributed by atoms with Crippen molar-refractivity contribution in [3.63, 3.8) is 0 Å². The second kappa shape index (κ2) is 4.29. The maximum Gasteiger partial charge on any atom is 0.0825 e. The summed E-state index contributed by atoms with van der Waals surface area (Å²) in [7, 11) is 0. The lowest BCUT2D eigenvalue weighted by Gasteiger charge is -2.13. The third kappa shape index (κ3) is 2.11. The van der Waals surface area contributed by atoms with E-state index >= 15 is 0 Å². The number of aromatic amines is 1. The first-order valence-corrected chi connectivity index (χ1v) is 6.24. The monoisotopic (exact) mass is 235 g/mol. The van der Waals surface area contributed by atoms with Crippen LogP contribution < -0.4 is 5.32 Å². The van der Waals surface area contributed by atoms with E-state index in [0.29, 0.717) is 6.04 Å². The van der Waals surface area contributed by atoms with Crippen LogP contribution in [0.2, 0.25) is 0 Å². The topological polar surface area (TPSA) is 40.7 Å². The Bertz CT molecular complexity index is 465. The van der Waals surface area contributed by atoms with E-state index in [1.54, 1.807) is 0 Å². The van der Waals surface area contributed by atoms with Gasteiger partial charge in [0.1, 0.15) is 0 Å². The van der Waals surface area contributed by atoms with Gasteiger partial charge in [0.2, 0.25) is 0 Å². The van der Waals surface area contributed by atoms with E-state index in [-0.39, 0.29) is 0 Å². The highest BCUT2D eigenvalue weighted by Gasteiger charge is 2.12. The predicted octanol–water partition coefficient (Wildman–Crippen LogP) is 3.57. The first-order valence-electron chi connectivity index (χ1n) is 5.42. The van der Waals surface area contributed by atoms with Crippen LogP contribution in [-0.4, -0.2) is 10.2 Å². The molecule has 0 saturated heterocycles. The Morgan fingerprint density at radius 2 is 2.06 bits per heavy atom. The predicted molar refractivity (Wildman–Crippen MR) is 69.2 cm³/mol. The summed E-state index contributed by atoms with van der Waals surface area (Å²) in [5.74, 6) is 0. The highest BCUT2D eigenvalue weighted by atomic mass is 32.1. The largest absolute Gasteiger partial charge is 0.375 e. The number of hydrogen-bond acceptors (Lipinski definition) is 3. The number of nitrogens with one attached hydrogen (secondary N) is 2. The molecule has 0 aliphatic heterocycles. The van der Waals surface area contributed by atoms with Crippen LogP contribution >= 0.6 is 11.3 Å². The number of rotatable bonds is 3. The molecule has 2 rings (SSSR count). The summed E-state index contributed by atoms with van der Waals surface area (Å²) in [6.07, 6.45) is 0. The lowest BCUT2D eigenvalue weighted by atomic mass is 10.2. The third-order valence-electron chi connectivity index (χ3n) is 2.68. The van der Waals surface area contributed by atoms with Crippen LogP contribution in [0.25, 0.3) is 0 Å². The normalized spacial score (nSPS) is 12.8. The van der Waals surface area contributed by atoms with E-state index in [1.165, 1.54) is 9.75 Å². The molecular formula is C12H17N3S. The standard InChI is InChI=1S/C12H17N3S/c1-7-5-6-11(16-7)8(2)13-12-9(3)14-15-10(12)4/h5-6,8,13H,1-4H3,(H,14,15). The Hall–Kier alpha value is -1.29. The summed E-state index contributed by atoms with van der Waals surface area (Å²) in [4.78, 5) is 2.71. The molecule has 2 aromatic rings. The second-order valence-corrected chi connectivity index (χ2v) is 5.44. The third-order valence-corrected chi connectivity index (χ3v) is 3.86. The highest BCUT2D eigenvalue weighted by molar-refractivity contribution is 7.12.